The van der Waals surface area contributed by atoms with E-state index in [-0.39, 0.29) is 5.78 Å². The average molecular weight is 224 g/mol. The summed E-state index contributed by atoms with van der Waals surface area (Å²) in [6.45, 7) is 4.09. The number of rotatable bonds is 3. The Labute approximate surface area is 102 Å². The van der Waals surface area contributed by atoms with Crippen LogP contribution in [0.1, 0.15) is 34.0 Å². The number of carbonyl (C=O) groups excluding carboxylic acids is 1. The highest BCUT2D eigenvalue weighted by molar-refractivity contribution is 6.09. The Morgan fingerprint density at radius 3 is 2.29 bits per heavy atom. The highest BCUT2D eigenvalue weighted by atomic mass is 16.1. The molecule has 1 heteroatoms. The second-order valence-electron chi connectivity index (χ2n) is 4.25. The molecule has 0 unspecified atom stereocenters. The topological polar surface area (TPSA) is 17.1 Å². The van der Waals surface area contributed by atoms with Crippen molar-refractivity contribution in [3.8, 4) is 0 Å². The molecule has 0 aliphatic carbocycles. The van der Waals surface area contributed by atoms with Gasteiger partial charge in [0.2, 0.25) is 0 Å². The van der Waals surface area contributed by atoms with E-state index in [2.05, 4.69) is 6.92 Å². The molecule has 17 heavy (non-hydrogen) atoms. The first-order valence-electron chi connectivity index (χ1n) is 5.91. The Bertz CT molecular complexity index is 541. The van der Waals surface area contributed by atoms with Crippen molar-refractivity contribution in [2.75, 3.05) is 0 Å². The smallest absolute Gasteiger partial charge is 0.193 e. The maximum Gasteiger partial charge on any atom is 0.193 e. The second-order valence-corrected chi connectivity index (χ2v) is 4.25. The Morgan fingerprint density at radius 1 is 1.00 bits per heavy atom. The van der Waals surface area contributed by atoms with Crippen LogP contribution in [-0.4, -0.2) is 5.78 Å². The van der Waals surface area contributed by atoms with Gasteiger partial charge >= 0.3 is 0 Å². The summed E-state index contributed by atoms with van der Waals surface area (Å²) in [5.41, 5.74) is 3.85. The molecule has 0 atom stereocenters. The lowest BCUT2D eigenvalue weighted by atomic mass is 9.99. The van der Waals surface area contributed by atoms with Crippen molar-refractivity contribution in [2.24, 2.45) is 0 Å². The van der Waals surface area contributed by atoms with Gasteiger partial charge in [0.15, 0.2) is 5.78 Å². The van der Waals surface area contributed by atoms with Gasteiger partial charge in [0, 0.05) is 11.1 Å². The van der Waals surface area contributed by atoms with E-state index in [9.17, 15) is 4.79 Å². The summed E-state index contributed by atoms with van der Waals surface area (Å²) in [5, 5.41) is 0. The number of hydrogen-bond donors (Lipinski definition) is 0. The molecule has 0 radical (unpaired) electrons. The van der Waals surface area contributed by atoms with E-state index in [4.69, 9.17) is 0 Å². The van der Waals surface area contributed by atoms with Gasteiger partial charge in [-0.2, -0.15) is 0 Å². The zero-order chi connectivity index (χ0) is 12.3. The van der Waals surface area contributed by atoms with Crippen LogP contribution < -0.4 is 0 Å². The van der Waals surface area contributed by atoms with Crippen molar-refractivity contribution in [1.29, 1.82) is 0 Å². The predicted molar refractivity (Wildman–Crippen MR) is 70.4 cm³/mol. The summed E-state index contributed by atoms with van der Waals surface area (Å²) in [5.74, 6) is 0.101. The third-order valence-electron chi connectivity index (χ3n) is 2.88. The van der Waals surface area contributed by atoms with Gasteiger partial charge in [-0.1, -0.05) is 48.9 Å². The molecule has 0 aliphatic heterocycles. The third-order valence-corrected chi connectivity index (χ3v) is 2.88. The summed E-state index contributed by atoms with van der Waals surface area (Å²) in [4.78, 5) is 12.3. The number of hydrogen-bond acceptors (Lipinski definition) is 1. The summed E-state index contributed by atoms with van der Waals surface area (Å²) >= 11 is 0. The Morgan fingerprint density at radius 2 is 1.65 bits per heavy atom. The molecule has 1 nitrogen and oxygen atoms in total. The lowest BCUT2D eigenvalue weighted by Gasteiger charge is -2.04. The molecular weight excluding hydrogens is 208 g/mol. The van der Waals surface area contributed by atoms with E-state index in [0.717, 1.165) is 23.1 Å². The molecule has 0 N–H and O–H groups in total. The van der Waals surface area contributed by atoms with Crippen LogP contribution in [0.5, 0.6) is 0 Å². The molecule has 0 spiro atoms. The largest absolute Gasteiger partial charge is 0.289 e. The lowest BCUT2D eigenvalue weighted by molar-refractivity contribution is 0.103. The van der Waals surface area contributed by atoms with Gasteiger partial charge in [0.1, 0.15) is 0 Å². The molecule has 0 saturated carbocycles. The lowest BCUT2D eigenvalue weighted by Crippen LogP contribution is -2.02. The zero-order valence-corrected chi connectivity index (χ0v) is 10.2. The van der Waals surface area contributed by atoms with E-state index in [0.29, 0.717) is 0 Å². The molecule has 0 saturated heterocycles. The molecule has 0 amide bonds. The Balaban J connectivity index is 2.36. The number of ketones is 1. The predicted octanol–water partition coefficient (Wildman–Crippen LogP) is 3.79. The molecule has 2 aromatic rings. The molecule has 0 bridgehead atoms. The fourth-order valence-electron chi connectivity index (χ4n) is 1.89. The van der Waals surface area contributed by atoms with Crippen molar-refractivity contribution in [3.63, 3.8) is 0 Å². The summed E-state index contributed by atoms with van der Waals surface area (Å²) in [6.07, 6.45) is 0.953. The molecule has 2 rings (SSSR count). The quantitative estimate of drug-likeness (QED) is 0.725. The van der Waals surface area contributed by atoms with Crippen LogP contribution in [0.25, 0.3) is 0 Å². The number of carbonyl (C=O) groups is 1. The van der Waals surface area contributed by atoms with E-state index >= 15 is 0 Å². The van der Waals surface area contributed by atoms with Crippen LogP contribution in [-0.2, 0) is 6.42 Å². The minimum absolute atomic E-state index is 0.101. The number of benzene rings is 2. The molecular formula is C16H16O. The summed E-state index contributed by atoms with van der Waals surface area (Å²) in [6, 6.07) is 15.6. The monoisotopic (exact) mass is 224 g/mol. The van der Waals surface area contributed by atoms with E-state index in [1.165, 1.54) is 5.56 Å². The first-order valence-corrected chi connectivity index (χ1v) is 5.91. The van der Waals surface area contributed by atoms with Crippen LogP contribution in [0.15, 0.2) is 48.5 Å². The van der Waals surface area contributed by atoms with E-state index in [1.807, 2.05) is 55.5 Å². The molecule has 0 heterocycles. The first kappa shape index (κ1) is 11.6. The Kier molecular flexibility index (Phi) is 3.38. The average Bonchev–Trinajstić information content (AvgIpc) is 2.38. The second kappa shape index (κ2) is 4.96. The highest BCUT2D eigenvalue weighted by Gasteiger charge is 2.08. The van der Waals surface area contributed by atoms with Crippen molar-refractivity contribution in [2.45, 2.75) is 20.3 Å². The summed E-state index contributed by atoms with van der Waals surface area (Å²) < 4.78 is 0. The molecule has 0 aromatic heterocycles. The normalized spacial score (nSPS) is 10.2. The van der Waals surface area contributed by atoms with Gasteiger partial charge in [-0.25, -0.2) is 0 Å². The molecule has 0 fully saturated rings. The van der Waals surface area contributed by atoms with Gasteiger partial charge in [0.05, 0.1) is 0 Å². The van der Waals surface area contributed by atoms with Crippen molar-refractivity contribution in [3.05, 3.63) is 70.8 Å². The fraction of sp³-hybridized carbons (Fsp3) is 0.188. The summed E-state index contributed by atoms with van der Waals surface area (Å²) in [7, 11) is 0. The molecule has 86 valence electrons. The van der Waals surface area contributed by atoms with Crippen LogP contribution >= 0.6 is 0 Å². The zero-order valence-electron chi connectivity index (χ0n) is 10.2. The van der Waals surface area contributed by atoms with Crippen molar-refractivity contribution < 1.29 is 4.79 Å². The van der Waals surface area contributed by atoms with Crippen molar-refractivity contribution >= 4 is 5.78 Å². The van der Waals surface area contributed by atoms with E-state index in [1.54, 1.807) is 0 Å². The Hall–Kier alpha value is -1.89. The highest BCUT2D eigenvalue weighted by Crippen LogP contribution is 2.13. The van der Waals surface area contributed by atoms with Crippen LogP contribution in [0, 0.1) is 6.92 Å². The van der Waals surface area contributed by atoms with Gasteiger partial charge in [0.25, 0.3) is 0 Å². The first-order chi connectivity index (χ1) is 8.20. The van der Waals surface area contributed by atoms with Gasteiger partial charge < -0.3 is 0 Å². The van der Waals surface area contributed by atoms with E-state index < -0.39 is 0 Å². The molecule has 2 aromatic carbocycles. The van der Waals surface area contributed by atoms with Gasteiger partial charge in [-0.15, -0.1) is 0 Å². The minimum Gasteiger partial charge on any atom is -0.289 e. The third kappa shape index (κ3) is 2.62. The SMILES string of the molecule is CCc1cccc(C(=O)c2cccc(C)c2)c1. The maximum absolute atomic E-state index is 12.3. The van der Waals surface area contributed by atoms with Gasteiger partial charge in [-0.05, 0) is 31.0 Å². The van der Waals surface area contributed by atoms with Crippen LogP contribution in [0.3, 0.4) is 0 Å². The standard InChI is InChI=1S/C16H16O/c1-3-13-7-5-9-15(11-13)16(17)14-8-4-6-12(2)10-14/h4-11H,3H2,1-2H3. The number of aryl methyl sites for hydroxylation is 2. The molecule has 0 aliphatic rings. The minimum atomic E-state index is 0.101. The van der Waals surface area contributed by atoms with Crippen molar-refractivity contribution in [1.82, 2.24) is 0 Å². The fourth-order valence-corrected chi connectivity index (χ4v) is 1.89. The van der Waals surface area contributed by atoms with Gasteiger partial charge in [-0.3, -0.25) is 4.79 Å². The maximum atomic E-state index is 12.3. The van der Waals surface area contributed by atoms with Crippen LogP contribution in [0.2, 0.25) is 0 Å². The van der Waals surface area contributed by atoms with Crippen LogP contribution in [0.4, 0.5) is 0 Å².